The molecule has 1 aliphatic rings. The van der Waals surface area contributed by atoms with Gasteiger partial charge in [-0.25, -0.2) is 4.79 Å². The van der Waals surface area contributed by atoms with E-state index in [0.29, 0.717) is 6.61 Å². The fourth-order valence-corrected chi connectivity index (χ4v) is 2.02. The maximum absolute atomic E-state index is 11.6. The van der Waals surface area contributed by atoms with Crippen molar-refractivity contribution in [3.63, 3.8) is 0 Å². The van der Waals surface area contributed by atoms with E-state index in [1.54, 1.807) is 6.08 Å². The first kappa shape index (κ1) is 12.8. The number of aliphatic hydroxyl groups is 1. The van der Waals surface area contributed by atoms with E-state index in [4.69, 9.17) is 14.6 Å². The Kier molecular flexibility index (Phi) is 4.12. The monoisotopic (exact) mass is 248 g/mol. The topological polar surface area (TPSA) is 55.8 Å². The molecule has 0 unspecified atom stereocenters. The van der Waals surface area contributed by atoms with Crippen LogP contribution in [-0.4, -0.2) is 29.9 Å². The zero-order chi connectivity index (χ0) is 13.0. The second kappa shape index (κ2) is 5.80. The van der Waals surface area contributed by atoms with Gasteiger partial charge in [0, 0.05) is 0 Å². The molecule has 0 aromatic heterocycles. The van der Waals surface area contributed by atoms with Crippen molar-refractivity contribution in [2.45, 2.75) is 18.8 Å². The van der Waals surface area contributed by atoms with Crippen molar-refractivity contribution >= 4 is 5.97 Å². The molecule has 1 heterocycles. The summed E-state index contributed by atoms with van der Waals surface area (Å²) in [4.78, 5) is 11.6. The average Bonchev–Trinajstić information content (AvgIpc) is 2.73. The van der Waals surface area contributed by atoms with Gasteiger partial charge in [-0.2, -0.15) is 0 Å². The maximum Gasteiger partial charge on any atom is 0.336 e. The molecular weight excluding hydrogens is 232 g/mol. The second-order valence-corrected chi connectivity index (χ2v) is 4.19. The molecule has 0 amide bonds. The van der Waals surface area contributed by atoms with Gasteiger partial charge < -0.3 is 14.6 Å². The zero-order valence-electron chi connectivity index (χ0n) is 9.99. The van der Waals surface area contributed by atoms with Crippen LogP contribution in [-0.2, 0) is 20.9 Å². The summed E-state index contributed by atoms with van der Waals surface area (Å²) < 4.78 is 10.6. The first-order valence-corrected chi connectivity index (χ1v) is 5.85. The van der Waals surface area contributed by atoms with Gasteiger partial charge in [-0.1, -0.05) is 36.4 Å². The molecule has 1 fully saturated rings. The highest BCUT2D eigenvalue weighted by molar-refractivity contribution is 5.78. The van der Waals surface area contributed by atoms with Crippen LogP contribution in [0.5, 0.6) is 0 Å². The Labute approximate surface area is 106 Å². The van der Waals surface area contributed by atoms with Crippen molar-refractivity contribution in [3.8, 4) is 0 Å². The SMILES string of the molecule is C=C[C@@H]1[C@H](OCc2ccccc2)C(=O)O[C@@H]1CO. The van der Waals surface area contributed by atoms with E-state index in [9.17, 15) is 4.79 Å². The van der Waals surface area contributed by atoms with E-state index in [1.165, 1.54) is 0 Å². The normalized spacial score (nSPS) is 26.9. The third-order valence-electron chi connectivity index (χ3n) is 3.00. The van der Waals surface area contributed by atoms with Crippen LogP contribution in [0, 0.1) is 5.92 Å². The molecule has 4 heteroatoms. The summed E-state index contributed by atoms with van der Waals surface area (Å²) in [7, 11) is 0. The third kappa shape index (κ3) is 2.60. The summed E-state index contributed by atoms with van der Waals surface area (Å²) in [5, 5.41) is 9.11. The summed E-state index contributed by atoms with van der Waals surface area (Å²) >= 11 is 0. The van der Waals surface area contributed by atoms with Gasteiger partial charge in [0.05, 0.1) is 19.1 Å². The predicted octanol–water partition coefficient (Wildman–Crippen LogP) is 1.29. The summed E-state index contributed by atoms with van der Waals surface area (Å²) in [5.41, 5.74) is 0.987. The smallest absolute Gasteiger partial charge is 0.336 e. The number of hydrogen-bond acceptors (Lipinski definition) is 4. The van der Waals surface area contributed by atoms with Crippen LogP contribution in [0.25, 0.3) is 0 Å². The number of aliphatic hydroxyl groups excluding tert-OH is 1. The van der Waals surface area contributed by atoms with Gasteiger partial charge in [0.15, 0.2) is 6.10 Å². The lowest BCUT2D eigenvalue weighted by atomic mass is 9.99. The minimum atomic E-state index is -0.681. The summed E-state index contributed by atoms with van der Waals surface area (Å²) in [6, 6.07) is 9.58. The Morgan fingerprint density at radius 1 is 1.39 bits per heavy atom. The van der Waals surface area contributed by atoms with E-state index in [2.05, 4.69) is 6.58 Å². The molecule has 4 nitrogen and oxygen atoms in total. The van der Waals surface area contributed by atoms with Gasteiger partial charge in [0.1, 0.15) is 6.10 Å². The fraction of sp³-hybridized carbons (Fsp3) is 0.357. The molecular formula is C14H16O4. The fourth-order valence-electron chi connectivity index (χ4n) is 2.02. The quantitative estimate of drug-likeness (QED) is 0.630. The molecule has 1 aliphatic heterocycles. The first-order valence-electron chi connectivity index (χ1n) is 5.85. The van der Waals surface area contributed by atoms with Crippen molar-refractivity contribution in [2.24, 2.45) is 5.92 Å². The Morgan fingerprint density at radius 3 is 2.72 bits per heavy atom. The number of benzene rings is 1. The largest absolute Gasteiger partial charge is 0.457 e. The highest BCUT2D eigenvalue weighted by atomic mass is 16.6. The number of hydrogen-bond donors (Lipinski definition) is 1. The van der Waals surface area contributed by atoms with Crippen molar-refractivity contribution in [3.05, 3.63) is 48.6 Å². The number of carbonyl (C=O) groups excluding carboxylic acids is 1. The van der Waals surface area contributed by atoms with Crippen LogP contribution in [0.3, 0.4) is 0 Å². The molecule has 0 bridgehead atoms. The molecule has 1 aromatic carbocycles. The summed E-state index contributed by atoms with van der Waals surface area (Å²) in [6.07, 6.45) is 0.372. The Bertz CT molecular complexity index is 415. The highest BCUT2D eigenvalue weighted by Crippen LogP contribution is 2.26. The van der Waals surface area contributed by atoms with Gasteiger partial charge in [0.25, 0.3) is 0 Å². The van der Waals surface area contributed by atoms with Crippen molar-refractivity contribution in [1.29, 1.82) is 0 Å². The Balaban J connectivity index is 2.00. The number of rotatable bonds is 5. The minimum absolute atomic E-state index is 0.215. The number of esters is 1. The second-order valence-electron chi connectivity index (χ2n) is 4.19. The standard InChI is InChI=1S/C14H16O4/c1-2-11-12(8-15)18-14(16)13(11)17-9-10-6-4-3-5-7-10/h2-7,11-13,15H,1,8-9H2/t11-,12+,13-/m0/s1. The molecule has 1 saturated heterocycles. The first-order chi connectivity index (χ1) is 8.76. The van der Waals surface area contributed by atoms with E-state index in [0.717, 1.165) is 5.56 Å². The third-order valence-corrected chi connectivity index (χ3v) is 3.00. The van der Waals surface area contributed by atoms with E-state index in [-0.39, 0.29) is 12.5 Å². The van der Waals surface area contributed by atoms with Crippen LogP contribution >= 0.6 is 0 Å². The molecule has 3 atom stereocenters. The van der Waals surface area contributed by atoms with Gasteiger partial charge in [-0.15, -0.1) is 6.58 Å². The van der Waals surface area contributed by atoms with Crippen LogP contribution in [0.15, 0.2) is 43.0 Å². The molecule has 0 spiro atoms. The lowest BCUT2D eigenvalue weighted by Gasteiger charge is -2.15. The Hall–Kier alpha value is -1.65. The molecule has 0 saturated carbocycles. The predicted molar refractivity (Wildman–Crippen MR) is 65.7 cm³/mol. The van der Waals surface area contributed by atoms with Gasteiger partial charge >= 0.3 is 5.97 Å². The molecule has 0 aliphatic carbocycles. The molecule has 96 valence electrons. The highest BCUT2D eigenvalue weighted by Gasteiger charge is 2.43. The van der Waals surface area contributed by atoms with Gasteiger partial charge in [0.2, 0.25) is 0 Å². The average molecular weight is 248 g/mol. The van der Waals surface area contributed by atoms with Gasteiger partial charge in [-0.3, -0.25) is 0 Å². The molecule has 1 N–H and O–H groups in total. The van der Waals surface area contributed by atoms with Gasteiger partial charge in [-0.05, 0) is 5.56 Å². The lowest BCUT2D eigenvalue weighted by Crippen LogP contribution is -2.28. The lowest BCUT2D eigenvalue weighted by molar-refractivity contribution is -0.151. The van der Waals surface area contributed by atoms with Crippen LogP contribution in [0.4, 0.5) is 0 Å². The molecule has 18 heavy (non-hydrogen) atoms. The van der Waals surface area contributed by atoms with E-state index in [1.807, 2.05) is 30.3 Å². The van der Waals surface area contributed by atoms with Crippen LogP contribution in [0.2, 0.25) is 0 Å². The number of cyclic esters (lactones) is 1. The summed E-state index contributed by atoms with van der Waals surface area (Å²) in [6.45, 7) is 3.78. The minimum Gasteiger partial charge on any atom is -0.457 e. The number of ether oxygens (including phenoxy) is 2. The van der Waals surface area contributed by atoms with E-state index >= 15 is 0 Å². The molecule has 1 aromatic rings. The Morgan fingerprint density at radius 2 is 2.11 bits per heavy atom. The van der Waals surface area contributed by atoms with Crippen LogP contribution in [0.1, 0.15) is 5.56 Å². The number of carbonyl (C=O) groups is 1. The van der Waals surface area contributed by atoms with E-state index < -0.39 is 18.2 Å². The molecule has 0 radical (unpaired) electrons. The molecule has 2 rings (SSSR count). The van der Waals surface area contributed by atoms with Crippen molar-refractivity contribution in [2.75, 3.05) is 6.61 Å². The van der Waals surface area contributed by atoms with Crippen molar-refractivity contribution in [1.82, 2.24) is 0 Å². The van der Waals surface area contributed by atoms with Crippen LogP contribution < -0.4 is 0 Å². The maximum atomic E-state index is 11.6. The van der Waals surface area contributed by atoms with Crippen molar-refractivity contribution < 1.29 is 19.4 Å². The summed E-state index contributed by atoms with van der Waals surface area (Å²) in [5.74, 6) is -0.735. The zero-order valence-corrected chi connectivity index (χ0v) is 9.99.